The van der Waals surface area contributed by atoms with Gasteiger partial charge in [-0.15, -0.1) is 10.2 Å². The van der Waals surface area contributed by atoms with Crippen molar-refractivity contribution < 1.29 is 13.2 Å². The Kier molecular flexibility index (Phi) is 5.24. The van der Waals surface area contributed by atoms with Crippen LogP contribution < -0.4 is 10.0 Å². The minimum Gasteiger partial charge on any atom is -0.301 e. The maximum absolute atomic E-state index is 12.4. The zero-order valence-corrected chi connectivity index (χ0v) is 15.3. The number of sulfonamides is 1. The average molecular weight is 389 g/mol. The molecular weight excluding hydrogens is 374 g/mol. The van der Waals surface area contributed by atoms with Crippen molar-refractivity contribution in [3.05, 3.63) is 59.9 Å². The summed E-state index contributed by atoms with van der Waals surface area (Å²) in [4.78, 5) is 15.0. The van der Waals surface area contributed by atoms with E-state index in [0.29, 0.717) is 5.69 Å². The van der Waals surface area contributed by atoms with Crippen molar-refractivity contribution in [2.45, 2.75) is 17.7 Å². The average Bonchev–Trinajstić information content (AvgIpc) is 3.06. The fourth-order valence-corrected chi connectivity index (χ4v) is 4.15. The Morgan fingerprint density at radius 3 is 2.35 bits per heavy atom. The number of aromatic nitrogens is 3. The molecule has 1 aromatic carbocycles. The molecule has 0 bridgehead atoms. The zero-order chi connectivity index (χ0) is 18.6. The predicted molar refractivity (Wildman–Crippen MR) is 98.5 cm³/mol. The zero-order valence-electron chi connectivity index (χ0n) is 13.7. The molecule has 0 saturated carbocycles. The first-order valence-corrected chi connectivity index (χ1v) is 9.84. The third-order valence-corrected chi connectivity index (χ3v) is 5.87. The van der Waals surface area contributed by atoms with Crippen LogP contribution in [0.1, 0.15) is 18.1 Å². The normalized spacial score (nSPS) is 11.1. The number of pyridine rings is 1. The minimum absolute atomic E-state index is 0.130. The molecule has 0 unspecified atom stereocenters. The summed E-state index contributed by atoms with van der Waals surface area (Å²) in [5.41, 5.74) is 2.58. The van der Waals surface area contributed by atoms with Crippen molar-refractivity contribution in [3.8, 4) is 0 Å². The summed E-state index contributed by atoms with van der Waals surface area (Å²) in [6.07, 6.45) is 4.19. The number of nitrogens with one attached hydrogen (secondary N) is 2. The Morgan fingerprint density at radius 1 is 1.04 bits per heavy atom. The van der Waals surface area contributed by atoms with Crippen LogP contribution in [0.4, 0.5) is 10.8 Å². The van der Waals surface area contributed by atoms with Gasteiger partial charge in [-0.1, -0.05) is 23.5 Å². The van der Waals surface area contributed by atoms with Gasteiger partial charge in [-0.05, 0) is 41.8 Å². The summed E-state index contributed by atoms with van der Waals surface area (Å²) in [6, 6.07) is 10.9. The van der Waals surface area contributed by atoms with E-state index in [4.69, 9.17) is 0 Å². The van der Waals surface area contributed by atoms with Crippen molar-refractivity contribution in [1.29, 1.82) is 0 Å². The summed E-state index contributed by atoms with van der Waals surface area (Å²) >= 11 is 0.782. The van der Waals surface area contributed by atoms with Crippen LogP contribution in [0.15, 0.2) is 53.1 Å². The van der Waals surface area contributed by atoms with Crippen LogP contribution in [0.2, 0.25) is 0 Å². The summed E-state index contributed by atoms with van der Waals surface area (Å²) in [5, 5.41) is 9.78. The molecule has 2 aromatic heterocycles. The maximum Gasteiger partial charge on any atom is 0.291 e. The highest BCUT2D eigenvalue weighted by Crippen LogP contribution is 2.23. The smallest absolute Gasteiger partial charge is 0.291 e. The highest BCUT2D eigenvalue weighted by molar-refractivity contribution is 7.94. The van der Waals surface area contributed by atoms with Crippen molar-refractivity contribution in [1.82, 2.24) is 15.2 Å². The molecule has 3 rings (SSSR count). The van der Waals surface area contributed by atoms with Crippen LogP contribution in [0.25, 0.3) is 0 Å². The molecule has 134 valence electrons. The van der Waals surface area contributed by atoms with Gasteiger partial charge >= 0.3 is 0 Å². The quantitative estimate of drug-likeness (QED) is 0.625. The number of anilines is 2. The molecule has 0 aliphatic heterocycles. The summed E-state index contributed by atoms with van der Waals surface area (Å²) in [6.45, 7) is 1.31. The third kappa shape index (κ3) is 4.61. The van der Waals surface area contributed by atoms with E-state index in [9.17, 15) is 13.2 Å². The van der Waals surface area contributed by atoms with Crippen LogP contribution in [0.3, 0.4) is 0 Å². The number of amides is 1. The van der Waals surface area contributed by atoms with Gasteiger partial charge in [0.15, 0.2) is 0 Å². The number of hydrogen-bond donors (Lipinski definition) is 2. The second-order valence-electron chi connectivity index (χ2n) is 5.39. The fourth-order valence-electron chi connectivity index (χ4n) is 2.15. The maximum atomic E-state index is 12.4. The van der Waals surface area contributed by atoms with E-state index in [1.54, 1.807) is 24.5 Å². The molecule has 0 aliphatic carbocycles. The summed E-state index contributed by atoms with van der Waals surface area (Å²) in [5.74, 6) is -0.345. The number of rotatable bonds is 6. The SMILES string of the molecule is CC(=O)Nc1nnc(S(=O)(=O)Nc2ccc(Cc3ccncc3)cc2)s1. The van der Waals surface area contributed by atoms with E-state index in [1.807, 2.05) is 24.3 Å². The number of benzene rings is 1. The van der Waals surface area contributed by atoms with Crippen molar-refractivity contribution in [2.24, 2.45) is 0 Å². The van der Waals surface area contributed by atoms with E-state index >= 15 is 0 Å². The van der Waals surface area contributed by atoms with Gasteiger partial charge in [-0.2, -0.15) is 8.42 Å². The van der Waals surface area contributed by atoms with E-state index in [0.717, 1.165) is 28.9 Å². The first kappa shape index (κ1) is 18.0. The molecular formula is C16H15N5O3S2. The summed E-state index contributed by atoms with van der Waals surface area (Å²) in [7, 11) is -3.86. The second-order valence-corrected chi connectivity index (χ2v) is 8.22. The number of nitrogens with zero attached hydrogens (tertiary/aromatic N) is 3. The number of carbonyl (C=O) groups excluding carboxylic acids is 1. The molecule has 26 heavy (non-hydrogen) atoms. The first-order valence-electron chi connectivity index (χ1n) is 7.54. The van der Waals surface area contributed by atoms with Gasteiger partial charge in [0.2, 0.25) is 11.0 Å². The number of hydrogen-bond acceptors (Lipinski definition) is 7. The largest absolute Gasteiger partial charge is 0.301 e. The van der Waals surface area contributed by atoms with Gasteiger partial charge in [0, 0.05) is 25.0 Å². The van der Waals surface area contributed by atoms with Gasteiger partial charge in [0.1, 0.15) is 0 Å². The highest BCUT2D eigenvalue weighted by Gasteiger charge is 2.20. The first-order chi connectivity index (χ1) is 12.4. The van der Waals surface area contributed by atoms with E-state index < -0.39 is 10.0 Å². The molecule has 1 amide bonds. The molecule has 0 radical (unpaired) electrons. The molecule has 0 aliphatic rings. The van der Waals surface area contributed by atoms with Gasteiger partial charge in [0.25, 0.3) is 14.4 Å². The van der Waals surface area contributed by atoms with Gasteiger partial charge < -0.3 is 5.32 Å². The Labute approximate surface area is 154 Å². The Balaban J connectivity index is 1.69. The standard InChI is InChI=1S/C16H15N5O3S2/c1-11(22)18-15-19-20-16(25-15)26(23,24)21-14-4-2-12(3-5-14)10-13-6-8-17-9-7-13/h2-9,21H,10H2,1H3,(H,18,19,22). The van der Waals surface area contributed by atoms with E-state index in [2.05, 4.69) is 25.2 Å². The van der Waals surface area contributed by atoms with Crippen LogP contribution in [-0.4, -0.2) is 29.5 Å². The second kappa shape index (κ2) is 7.58. The molecule has 2 heterocycles. The van der Waals surface area contributed by atoms with Gasteiger partial charge in [-0.3, -0.25) is 14.5 Å². The van der Waals surface area contributed by atoms with Gasteiger partial charge in [-0.25, -0.2) is 0 Å². The Hall–Kier alpha value is -2.85. The van der Waals surface area contributed by atoms with Crippen LogP contribution in [-0.2, 0) is 21.2 Å². The minimum atomic E-state index is -3.86. The lowest BCUT2D eigenvalue weighted by Gasteiger charge is -2.06. The third-order valence-electron chi connectivity index (χ3n) is 3.28. The molecule has 3 aromatic rings. The molecule has 8 nitrogen and oxygen atoms in total. The van der Waals surface area contributed by atoms with Crippen LogP contribution in [0, 0.1) is 0 Å². The fraction of sp³-hybridized carbons (Fsp3) is 0.125. The van der Waals surface area contributed by atoms with Gasteiger partial charge in [0.05, 0.1) is 0 Å². The number of carbonyl (C=O) groups is 1. The van der Waals surface area contributed by atoms with E-state index in [1.165, 1.54) is 6.92 Å². The molecule has 10 heteroatoms. The Morgan fingerprint density at radius 2 is 1.69 bits per heavy atom. The topological polar surface area (TPSA) is 114 Å². The van der Waals surface area contributed by atoms with Crippen LogP contribution in [0.5, 0.6) is 0 Å². The lowest BCUT2D eigenvalue weighted by Crippen LogP contribution is -2.12. The van der Waals surface area contributed by atoms with Crippen molar-refractivity contribution >= 4 is 38.1 Å². The van der Waals surface area contributed by atoms with Crippen molar-refractivity contribution in [3.63, 3.8) is 0 Å². The molecule has 0 saturated heterocycles. The van der Waals surface area contributed by atoms with E-state index in [-0.39, 0.29) is 15.4 Å². The monoisotopic (exact) mass is 389 g/mol. The molecule has 2 N–H and O–H groups in total. The lowest BCUT2D eigenvalue weighted by atomic mass is 10.1. The molecule has 0 atom stereocenters. The highest BCUT2D eigenvalue weighted by atomic mass is 32.2. The summed E-state index contributed by atoms with van der Waals surface area (Å²) < 4.78 is 26.9. The molecule has 0 fully saturated rings. The van der Waals surface area contributed by atoms with Crippen molar-refractivity contribution in [2.75, 3.05) is 10.0 Å². The van der Waals surface area contributed by atoms with Crippen LogP contribution >= 0.6 is 11.3 Å². The molecule has 0 spiro atoms. The lowest BCUT2D eigenvalue weighted by molar-refractivity contribution is -0.114. The predicted octanol–water partition coefficient (Wildman–Crippen LogP) is 2.28. The Bertz CT molecular complexity index is 1000.